The Morgan fingerprint density at radius 2 is 1.87 bits per heavy atom. The third kappa shape index (κ3) is 4.30. The highest BCUT2D eigenvalue weighted by molar-refractivity contribution is 5.23. The maximum atomic E-state index is 3.32. The van der Waals surface area contributed by atoms with Gasteiger partial charge in [-0.05, 0) is 39.8 Å². The molecule has 0 radical (unpaired) electrons. The molecule has 0 saturated carbocycles. The Morgan fingerprint density at radius 3 is 2.33 bits per heavy atom. The lowest BCUT2D eigenvalue weighted by molar-refractivity contribution is 0.660. The molecular weight excluding hydrogens is 182 g/mol. The van der Waals surface area contributed by atoms with Crippen molar-refractivity contribution >= 4 is 0 Å². The quantitative estimate of drug-likeness (QED) is 0.741. The molecule has 1 heteroatoms. The molecular formula is C14H21N. The van der Waals surface area contributed by atoms with Crippen LogP contribution in [0.3, 0.4) is 0 Å². The average Bonchev–Trinajstić information content (AvgIpc) is 2.19. The second kappa shape index (κ2) is 5.72. The van der Waals surface area contributed by atoms with Gasteiger partial charge < -0.3 is 5.32 Å². The predicted octanol–water partition coefficient (Wildman–Crippen LogP) is 3.09. The Kier molecular flexibility index (Phi) is 4.57. The first-order chi connectivity index (χ1) is 7.11. The lowest BCUT2D eigenvalue weighted by Crippen LogP contribution is -2.25. The number of nitrogens with one attached hydrogen (secondary N) is 1. The summed E-state index contributed by atoms with van der Waals surface area (Å²) in [4.78, 5) is 0. The number of allylic oxidation sites excluding steroid dienone is 1. The zero-order valence-corrected chi connectivity index (χ0v) is 10.2. The van der Waals surface area contributed by atoms with E-state index in [0.717, 1.165) is 6.42 Å². The van der Waals surface area contributed by atoms with E-state index in [9.17, 15) is 0 Å². The molecule has 0 aromatic heterocycles. The third-order valence-corrected chi connectivity index (χ3v) is 2.48. The summed E-state index contributed by atoms with van der Waals surface area (Å²) >= 11 is 0. The standard InChI is InChI=1S/C14H21N/c1-11(2)9-14(15-4)10-13-7-5-12(3)6-8-13/h5-9,14-15H,10H2,1-4H3. The summed E-state index contributed by atoms with van der Waals surface area (Å²) < 4.78 is 0. The van der Waals surface area contributed by atoms with Crippen LogP contribution in [0.25, 0.3) is 0 Å². The zero-order chi connectivity index (χ0) is 11.3. The second-order valence-corrected chi connectivity index (χ2v) is 4.33. The van der Waals surface area contributed by atoms with Gasteiger partial charge in [-0.1, -0.05) is 41.5 Å². The molecule has 1 atom stereocenters. The van der Waals surface area contributed by atoms with E-state index in [2.05, 4.69) is 56.4 Å². The highest BCUT2D eigenvalue weighted by Gasteiger charge is 2.03. The van der Waals surface area contributed by atoms with Crippen LogP contribution in [0.2, 0.25) is 0 Å². The minimum Gasteiger partial charge on any atom is -0.313 e. The number of benzene rings is 1. The van der Waals surface area contributed by atoms with E-state index in [1.54, 1.807) is 0 Å². The fourth-order valence-electron chi connectivity index (χ4n) is 1.62. The molecule has 1 unspecified atom stereocenters. The summed E-state index contributed by atoms with van der Waals surface area (Å²) in [6.07, 6.45) is 3.34. The maximum Gasteiger partial charge on any atom is 0.0290 e. The third-order valence-electron chi connectivity index (χ3n) is 2.48. The van der Waals surface area contributed by atoms with Crippen molar-refractivity contribution < 1.29 is 0 Å². The Hall–Kier alpha value is -1.08. The maximum absolute atomic E-state index is 3.32. The van der Waals surface area contributed by atoms with Crippen molar-refractivity contribution in [3.05, 3.63) is 47.0 Å². The first-order valence-corrected chi connectivity index (χ1v) is 5.49. The van der Waals surface area contributed by atoms with Gasteiger partial charge in [0.05, 0.1) is 0 Å². The molecule has 0 fully saturated rings. The van der Waals surface area contributed by atoms with Crippen LogP contribution in [0, 0.1) is 6.92 Å². The van der Waals surface area contributed by atoms with E-state index in [1.165, 1.54) is 16.7 Å². The number of likely N-dealkylation sites (N-methyl/N-ethyl adjacent to an activating group) is 1. The summed E-state index contributed by atoms with van der Waals surface area (Å²) in [6, 6.07) is 9.20. The van der Waals surface area contributed by atoms with Crippen molar-refractivity contribution in [1.82, 2.24) is 5.32 Å². The van der Waals surface area contributed by atoms with Crippen molar-refractivity contribution in [2.75, 3.05) is 7.05 Å². The molecule has 0 saturated heterocycles. The van der Waals surface area contributed by atoms with Gasteiger partial charge in [-0.25, -0.2) is 0 Å². The topological polar surface area (TPSA) is 12.0 Å². The summed E-state index contributed by atoms with van der Waals surface area (Å²) in [6.45, 7) is 6.40. The van der Waals surface area contributed by atoms with E-state index >= 15 is 0 Å². The van der Waals surface area contributed by atoms with Gasteiger partial charge in [0.1, 0.15) is 0 Å². The fourth-order valence-corrected chi connectivity index (χ4v) is 1.62. The van der Waals surface area contributed by atoms with Crippen LogP contribution in [0.4, 0.5) is 0 Å². The molecule has 0 aliphatic heterocycles. The SMILES string of the molecule is CNC(C=C(C)C)Cc1ccc(C)cc1. The van der Waals surface area contributed by atoms with E-state index < -0.39 is 0 Å². The lowest BCUT2D eigenvalue weighted by Gasteiger charge is -2.12. The highest BCUT2D eigenvalue weighted by Crippen LogP contribution is 2.07. The number of hydrogen-bond donors (Lipinski definition) is 1. The Balaban J connectivity index is 2.67. The van der Waals surface area contributed by atoms with Gasteiger partial charge >= 0.3 is 0 Å². The van der Waals surface area contributed by atoms with Crippen molar-refractivity contribution in [3.8, 4) is 0 Å². The second-order valence-electron chi connectivity index (χ2n) is 4.33. The largest absolute Gasteiger partial charge is 0.313 e. The fraction of sp³-hybridized carbons (Fsp3) is 0.429. The van der Waals surface area contributed by atoms with Gasteiger partial charge in [-0.2, -0.15) is 0 Å². The zero-order valence-electron chi connectivity index (χ0n) is 10.2. The smallest absolute Gasteiger partial charge is 0.0290 e. The van der Waals surface area contributed by atoms with Gasteiger partial charge in [-0.3, -0.25) is 0 Å². The molecule has 1 nitrogen and oxygen atoms in total. The lowest BCUT2D eigenvalue weighted by atomic mass is 10.0. The molecule has 1 N–H and O–H groups in total. The predicted molar refractivity (Wildman–Crippen MR) is 67.2 cm³/mol. The molecule has 0 spiro atoms. The van der Waals surface area contributed by atoms with Gasteiger partial charge in [-0.15, -0.1) is 0 Å². The van der Waals surface area contributed by atoms with E-state index in [4.69, 9.17) is 0 Å². The van der Waals surface area contributed by atoms with Crippen LogP contribution in [0.1, 0.15) is 25.0 Å². The van der Waals surface area contributed by atoms with Crippen molar-refractivity contribution in [2.45, 2.75) is 33.2 Å². The summed E-state index contributed by atoms with van der Waals surface area (Å²) in [5.41, 5.74) is 4.07. The highest BCUT2D eigenvalue weighted by atomic mass is 14.9. The monoisotopic (exact) mass is 203 g/mol. The molecule has 1 aromatic carbocycles. The molecule has 1 aromatic rings. The number of hydrogen-bond acceptors (Lipinski definition) is 1. The molecule has 0 aliphatic carbocycles. The van der Waals surface area contributed by atoms with Crippen molar-refractivity contribution in [3.63, 3.8) is 0 Å². The first kappa shape index (κ1) is 12.0. The first-order valence-electron chi connectivity index (χ1n) is 5.49. The number of rotatable bonds is 4. The Labute approximate surface area is 93.2 Å². The van der Waals surface area contributed by atoms with Gasteiger partial charge in [0.15, 0.2) is 0 Å². The van der Waals surface area contributed by atoms with Gasteiger partial charge in [0.25, 0.3) is 0 Å². The normalized spacial score (nSPS) is 12.3. The van der Waals surface area contributed by atoms with Crippen LogP contribution in [-0.2, 0) is 6.42 Å². The van der Waals surface area contributed by atoms with Crippen LogP contribution in [-0.4, -0.2) is 13.1 Å². The van der Waals surface area contributed by atoms with Crippen molar-refractivity contribution in [1.29, 1.82) is 0 Å². The molecule has 0 heterocycles. The molecule has 0 amide bonds. The minimum absolute atomic E-state index is 0.442. The Morgan fingerprint density at radius 1 is 1.27 bits per heavy atom. The van der Waals surface area contributed by atoms with Gasteiger partial charge in [0, 0.05) is 6.04 Å². The summed E-state index contributed by atoms with van der Waals surface area (Å²) in [5.74, 6) is 0. The average molecular weight is 203 g/mol. The van der Waals surface area contributed by atoms with Crippen LogP contribution >= 0.6 is 0 Å². The van der Waals surface area contributed by atoms with Crippen LogP contribution < -0.4 is 5.32 Å². The molecule has 1 rings (SSSR count). The van der Waals surface area contributed by atoms with Gasteiger partial charge in [0.2, 0.25) is 0 Å². The van der Waals surface area contributed by atoms with Crippen LogP contribution in [0.15, 0.2) is 35.9 Å². The van der Waals surface area contributed by atoms with E-state index in [1.807, 2.05) is 7.05 Å². The minimum atomic E-state index is 0.442. The molecule has 0 bridgehead atoms. The molecule has 0 aliphatic rings. The number of aryl methyl sites for hydroxylation is 1. The summed E-state index contributed by atoms with van der Waals surface area (Å²) in [7, 11) is 2.01. The Bertz CT molecular complexity index is 318. The van der Waals surface area contributed by atoms with Crippen LogP contribution in [0.5, 0.6) is 0 Å². The van der Waals surface area contributed by atoms with E-state index in [-0.39, 0.29) is 0 Å². The van der Waals surface area contributed by atoms with E-state index in [0.29, 0.717) is 6.04 Å². The molecule has 15 heavy (non-hydrogen) atoms. The molecule has 82 valence electrons. The summed E-state index contributed by atoms with van der Waals surface area (Å²) in [5, 5.41) is 3.32. The van der Waals surface area contributed by atoms with Crippen molar-refractivity contribution in [2.24, 2.45) is 0 Å².